The summed E-state index contributed by atoms with van der Waals surface area (Å²) in [7, 11) is 3.43. The van der Waals surface area contributed by atoms with Crippen molar-refractivity contribution in [2.75, 3.05) is 40.5 Å². The van der Waals surface area contributed by atoms with Crippen molar-refractivity contribution in [3.63, 3.8) is 0 Å². The van der Waals surface area contributed by atoms with Gasteiger partial charge < -0.3 is 24.6 Å². The maximum atomic E-state index is 5.42. The quantitative estimate of drug-likeness (QED) is 0.232. The summed E-state index contributed by atoms with van der Waals surface area (Å²) in [5.41, 5.74) is 0.971. The lowest BCUT2D eigenvalue weighted by atomic mass is 10.1. The molecule has 0 saturated carbocycles. The van der Waals surface area contributed by atoms with E-state index in [2.05, 4.69) is 34.6 Å². The summed E-state index contributed by atoms with van der Waals surface area (Å²) >= 11 is 0. The second-order valence-electron chi connectivity index (χ2n) is 5.54. The van der Waals surface area contributed by atoms with Crippen LogP contribution in [0, 0.1) is 0 Å². The molecule has 8 heteroatoms. The molecule has 140 valence electrons. The Morgan fingerprint density at radius 1 is 1.25 bits per heavy atom. The minimum absolute atomic E-state index is 0. The van der Waals surface area contributed by atoms with Gasteiger partial charge in [-0.3, -0.25) is 4.99 Å². The molecule has 1 aromatic rings. The Morgan fingerprint density at radius 3 is 2.67 bits per heavy atom. The second kappa shape index (κ2) is 14.5. The van der Waals surface area contributed by atoms with E-state index in [4.69, 9.17) is 14.0 Å². The number of aromatic nitrogens is 1. The van der Waals surface area contributed by atoms with E-state index in [0.29, 0.717) is 25.7 Å². The summed E-state index contributed by atoms with van der Waals surface area (Å²) in [5, 5.41) is 10.5. The Labute approximate surface area is 162 Å². The van der Waals surface area contributed by atoms with E-state index < -0.39 is 0 Å². The highest BCUT2D eigenvalue weighted by Gasteiger charge is 2.07. The van der Waals surface area contributed by atoms with Crippen LogP contribution in [0.3, 0.4) is 0 Å². The number of methoxy groups -OCH3 is 1. The van der Waals surface area contributed by atoms with E-state index in [1.807, 2.05) is 6.07 Å². The number of unbranched alkanes of at least 4 members (excludes halogenated alkanes) is 1. The Morgan fingerprint density at radius 2 is 2.04 bits per heavy atom. The number of rotatable bonds is 11. The van der Waals surface area contributed by atoms with Crippen LogP contribution < -0.4 is 10.6 Å². The van der Waals surface area contributed by atoms with E-state index in [0.717, 1.165) is 43.4 Å². The van der Waals surface area contributed by atoms with Gasteiger partial charge in [-0.05, 0) is 18.8 Å². The number of hydrogen-bond acceptors (Lipinski definition) is 5. The Bertz CT molecular complexity index is 452. The third kappa shape index (κ3) is 10.1. The standard InChI is InChI=1S/C16H30N4O3.HI/c1-13(2)15-11-14(23-20-15)12-19-16(17-3)18-7-5-6-8-22-10-9-21-4;/h11,13H,5-10,12H2,1-4H3,(H2,17,18,19);1H. The summed E-state index contributed by atoms with van der Waals surface area (Å²) in [5.74, 6) is 1.94. The topological polar surface area (TPSA) is 80.9 Å². The van der Waals surface area contributed by atoms with Crippen LogP contribution in [0.1, 0.15) is 44.1 Å². The fourth-order valence-corrected chi connectivity index (χ4v) is 1.86. The summed E-state index contributed by atoms with van der Waals surface area (Å²) in [6, 6.07) is 1.97. The molecule has 24 heavy (non-hydrogen) atoms. The highest BCUT2D eigenvalue weighted by atomic mass is 127. The largest absolute Gasteiger partial charge is 0.382 e. The zero-order valence-electron chi connectivity index (χ0n) is 15.1. The first kappa shape index (κ1) is 23.1. The third-order valence-corrected chi connectivity index (χ3v) is 3.26. The summed E-state index contributed by atoms with van der Waals surface area (Å²) in [4.78, 5) is 4.19. The second-order valence-corrected chi connectivity index (χ2v) is 5.54. The van der Waals surface area contributed by atoms with Crippen molar-refractivity contribution in [2.45, 2.75) is 39.2 Å². The Hall–Kier alpha value is -0.870. The molecule has 0 aliphatic heterocycles. The summed E-state index contributed by atoms with van der Waals surface area (Å²) in [6.45, 7) is 7.66. The van der Waals surface area contributed by atoms with Gasteiger partial charge in [-0.1, -0.05) is 19.0 Å². The van der Waals surface area contributed by atoms with Crippen LogP contribution >= 0.6 is 24.0 Å². The lowest BCUT2D eigenvalue weighted by molar-refractivity contribution is 0.0689. The van der Waals surface area contributed by atoms with Gasteiger partial charge in [0, 0.05) is 33.4 Å². The maximum absolute atomic E-state index is 5.42. The van der Waals surface area contributed by atoms with Crippen LogP contribution in [0.25, 0.3) is 0 Å². The monoisotopic (exact) mass is 454 g/mol. The molecule has 0 bridgehead atoms. The number of halogens is 1. The molecule has 0 radical (unpaired) electrons. The molecule has 2 N–H and O–H groups in total. The van der Waals surface area contributed by atoms with Gasteiger partial charge in [0.1, 0.15) is 0 Å². The molecule has 1 aromatic heterocycles. The summed E-state index contributed by atoms with van der Waals surface area (Å²) in [6.07, 6.45) is 2.03. The van der Waals surface area contributed by atoms with E-state index in [1.54, 1.807) is 14.2 Å². The molecule has 1 rings (SSSR count). The number of aliphatic imine (C=N–C) groups is 1. The molecule has 7 nitrogen and oxygen atoms in total. The molecule has 0 saturated heterocycles. The first-order valence-corrected chi connectivity index (χ1v) is 8.14. The highest BCUT2D eigenvalue weighted by Crippen LogP contribution is 2.13. The van der Waals surface area contributed by atoms with Crippen LogP contribution in [0.5, 0.6) is 0 Å². The average Bonchev–Trinajstić information content (AvgIpc) is 3.02. The van der Waals surface area contributed by atoms with Crippen LogP contribution in [-0.2, 0) is 16.0 Å². The molecule has 0 atom stereocenters. The van der Waals surface area contributed by atoms with Gasteiger partial charge >= 0.3 is 0 Å². The first-order valence-electron chi connectivity index (χ1n) is 8.14. The van der Waals surface area contributed by atoms with Crippen molar-refractivity contribution in [1.82, 2.24) is 15.8 Å². The SMILES string of the molecule is CN=C(NCCCCOCCOC)NCc1cc(C(C)C)no1.I. The van der Waals surface area contributed by atoms with E-state index in [1.165, 1.54) is 0 Å². The average molecular weight is 454 g/mol. The van der Waals surface area contributed by atoms with Gasteiger partial charge in [-0.25, -0.2) is 0 Å². The first-order chi connectivity index (χ1) is 11.2. The van der Waals surface area contributed by atoms with Gasteiger partial charge in [0.15, 0.2) is 11.7 Å². The lowest BCUT2D eigenvalue weighted by Crippen LogP contribution is -2.37. The van der Waals surface area contributed by atoms with Crippen molar-refractivity contribution in [3.05, 3.63) is 17.5 Å². The Kier molecular flexibility index (Phi) is 13.9. The van der Waals surface area contributed by atoms with Gasteiger partial charge in [0.05, 0.1) is 25.5 Å². The number of guanidine groups is 1. The zero-order chi connectivity index (χ0) is 16.9. The van der Waals surface area contributed by atoms with Crippen molar-refractivity contribution in [2.24, 2.45) is 4.99 Å². The van der Waals surface area contributed by atoms with E-state index >= 15 is 0 Å². The van der Waals surface area contributed by atoms with Crippen molar-refractivity contribution < 1.29 is 14.0 Å². The highest BCUT2D eigenvalue weighted by molar-refractivity contribution is 14.0. The normalized spacial score (nSPS) is 11.5. The predicted octanol–water partition coefficient (Wildman–Crippen LogP) is 2.52. The zero-order valence-corrected chi connectivity index (χ0v) is 17.5. The lowest BCUT2D eigenvalue weighted by Gasteiger charge is -2.10. The summed E-state index contributed by atoms with van der Waals surface area (Å²) < 4.78 is 15.6. The molecule has 0 aromatic carbocycles. The fraction of sp³-hybridized carbons (Fsp3) is 0.750. The third-order valence-electron chi connectivity index (χ3n) is 3.26. The van der Waals surface area contributed by atoms with Gasteiger partial charge in [-0.2, -0.15) is 0 Å². The number of nitrogens with one attached hydrogen (secondary N) is 2. The molecule has 0 aliphatic rings. The van der Waals surface area contributed by atoms with Crippen LogP contribution in [0.4, 0.5) is 0 Å². The fourth-order valence-electron chi connectivity index (χ4n) is 1.86. The molecule has 0 unspecified atom stereocenters. The van der Waals surface area contributed by atoms with Gasteiger partial charge in [-0.15, -0.1) is 24.0 Å². The van der Waals surface area contributed by atoms with E-state index in [9.17, 15) is 0 Å². The molecule has 0 fully saturated rings. The molecule has 0 aliphatic carbocycles. The van der Waals surface area contributed by atoms with Crippen LogP contribution in [0.15, 0.2) is 15.6 Å². The van der Waals surface area contributed by atoms with Crippen molar-refractivity contribution >= 4 is 29.9 Å². The molecular formula is C16H31IN4O3. The van der Waals surface area contributed by atoms with Crippen molar-refractivity contribution in [1.29, 1.82) is 0 Å². The molecule has 1 heterocycles. The van der Waals surface area contributed by atoms with E-state index in [-0.39, 0.29) is 24.0 Å². The molecular weight excluding hydrogens is 423 g/mol. The van der Waals surface area contributed by atoms with Crippen LogP contribution in [0.2, 0.25) is 0 Å². The van der Waals surface area contributed by atoms with Gasteiger partial charge in [0.25, 0.3) is 0 Å². The predicted molar refractivity (Wildman–Crippen MR) is 106 cm³/mol. The smallest absolute Gasteiger partial charge is 0.191 e. The molecule has 0 spiro atoms. The number of hydrogen-bond donors (Lipinski definition) is 2. The number of nitrogens with zero attached hydrogens (tertiary/aromatic N) is 2. The minimum atomic E-state index is 0. The van der Waals surface area contributed by atoms with Gasteiger partial charge in [0.2, 0.25) is 0 Å². The van der Waals surface area contributed by atoms with Crippen LogP contribution in [-0.4, -0.2) is 51.6 Å². The maximum Gasteiger partial charge on any atom is 0.191 e. The number of ether oxygens (including phenoxy) is 2. The van der Waals surface area contributed by atoms with Crippen molar-refractivity contribution in [3.8, 4) is 0 Å². The molecule has 0 amide bonds. The minimum Gasteiger partial charge on any atom is -0.382 e. The Balaban J connectivity index is 0.00000529.